The minimum atomic E-state index is 0.505. The Morgan fingerprint density at radius 1 is 1.28 bits per heavy atom. The lowest BCUT2D eigenvalue weighted by molar-refractivity contribution is 0.520. The summed E-state index contributed by atoms with van der Waals surface area (Å²) < 4.78 is 0. The van der Waals surface area contributed by atoms with Crippen LogP contribution in [-0.4, -0.2) is 16.5 Å². The molecule has 1 aliphatic carbocycles. The molecule has 4 N–H and O–H groups in total. The van der Waals surface area contributed by atoms with E-state index in [1.807, 2.05) is 0 Å². The zero-order valence-corrected chi connectivity index (χ0v) is 11.3. The van der Waals surface area contributed by atoms with Crippen LogP contribution in [0.1, 0.15) is 45.1 Å². The van der Waals surface area contributed by atoms with E-state index in [2.05, 4.69) is 34.6 Å². The van der Waals surface area contributed by atoms with Crippen molar-refractivity contribution >= 4 is 11.6 Å². The van der Waals surface area contributed by atoms with Crippen LogP contribution in [0.5, 0.6) is 0 Å². The van der Waals surface area contributed by atoms with E-state index in [-0.39, 0.29) is 0 Å². The zero-order chi connectivity index (χ0) is 13.0. The summed E-state index contributed by atoms with van der Waals surface area (Å²) in [7, 11) is 0. The molecule has 18 heavy (non-hydrogen) atoms. The molecule has 2 rings (SSSR count). The first-order chi connectivity index (χ1) is 8.74. The lowest BCUT2D eigenvalue weighted by atomic mass is 10.0. The van der Waals surface area contributed by atoms with Gasteiger partial charge in [-0.25, -0.2) is 15.8 Å². The average Bonchev–Trinajstić information content (AvgIpc) is 3.18. The van der Waals surface area contributed by atoms with Gasteiger partial charge in [0.2, 0.25) is 0 Å². The van der Waals surface area contributed by atoms with Gasteiger partial charge in [-0.2, -0.15) is 0 Å². The molecule has 100 valence electrons. The first kappa shape index (κ1) is 13.1. The van der Waals surface area contributed by atoms with Crippen molar-refractivity contribution in [3.8, 4) is 0 Å². The molecular weight excluding hydrogens is 226 g/mol. The van der Waals surface area contributed by atoms with E-state index in [0.717, 1.165) is 36.6 Å². The zero-order valence-electron chi connectivity index (χ0n) is 11.3. The van der Waals surface area contributed by atoms with Crippen LogP contribution in [0.4, 0.5) is 11.6 Å². The molecule has 1 heterocycles. The summed E-state index contributed by atoms with van der Waals surface area (Å²) in [6.45, 7) is 5.40. The molecule has 1 aromatic heterocycles. The third-order valence-electron chi connectivity index (χ3n) is 3.92. The Hall–Kier alpha value is -1.36. The maximum atomic E-state index is 5.50. The van der Waals surface area contributed by atoms with E-state index in [0.29, 0.717) is 5.41 Å². The number of nitrogens with zero attached hydrogens (tertiary/aromatic N) is 2. The molecule has 0 atom stereocenters. The highest BCUT2D eigenvalue weighted by molar-refractivity contribution is 5.57. The van der Waals surface area contributed by atoms with Gasteiger partial charge in [0.15, 0.2) is 0 Å². The number of nitrogen functional groups attached to an aromatic ring is 1. The van der Waals surface area contributed by atoms with Crippen LogP contribution in [0.3, 0.4) is 0 Å². The van der Waals surface area contributed by atoms with Crippen LogP contribution >= 0.6 is 0 Å². The van der Waals surface area contributed by atoms with Crippen molar-refractivity contribution in [1.29, 1.82) is 0 Å². The van der Waals surface area contributed by atoms with Gasteiger partial charge in [0, 0.05) is 12.1 Å². The quantitative estimate of drug-likeness (QED) is 0.510. The Bertz CT molecular complexity index is 400. The van der Waals surface area contributed by atoms with Crippen molar-refractivity contribution in [2.45, 2.75) is 46.0 Å². The molecule has 5 nitrogen and oxygen atoms in total. The average molecular weight is 249 g/mol. The van der Waals surface area contributed by atoms with Crippen molar-refractivity contribution in [2.75, 3.05) is 17.3 Å². The number of hydrazine groups is 1. The second-order valence-electron chi connectivity index (χ2n) is 5.15. The highest BCUT2D eigenvalue weighted by Gasteiger charge is 2.40. The predicted octanol–water partition coefficient (Wildman–Crippen LogP) is 2.32. The van der Waals surface area contributed by atoms with Gasteiger partial charge < -0.3 is 10.7 Å². The standard InChI is InChI=1S/C13H23N5/c1-3-5-10-11(16-9-17-12(10)18-14)15-8-13(4-2)6-7-13/h9H,3-8,14H2,1-2H3,(H2,15,16,17,18). The fraction of sp³-hybridized carbons (Fsp3) is 0.692. The highest BCUT2D eigenvalue weighted by atomic mass is 15.3. The van der Waals surface area contributed by atoms with E-state index in [1.54, 1.807) is 6.33 Å². The molecule has 0 spiro atoms. The maximum Gasteiger partial charge on any atom is 0.148 e. The summed E-state index contributed by atoms with van der Waals surface area (Å²) in [5, 5.41) is 3.48. The first-order valence-corrected chi connectivity index (χ1v) is 6.79. The van der Waals surface area contributed by atoms with Gasteiger partial charge in [-0.1, -0.05) is 20.3 Å². The topological polar surface area (TPSA) is 75.9 Å². The number of hydrogen-bond donors (Lipinski definition) is 3. The second kappa shape index (κ2) is 5.52. The molecule has 0 bridgehead atoms. The van der Waals surface area contributed by atoms with E-state index in [9.17, 15) is 0 Å². The number of hydrogen-bond acceptors (Lipinski definition) is 5. The van der Waals surface area contributed by atoms with E-state index < -0.39 is 0 Å². The summed E-state index contributed by atoms with van der Waals surface area (Å²) in [6.07, 6.45) is 7.43. The summed E-state index contributed by atoms with van der Waals surface area (Å²) in [6, 6.07) is 0. The maximum absolute atomic E-state index is 5.50. The Labute approximate surface area is 109 Å². The normalized spacial score (nSPS) is 16.4. The smallest absolute Gasteiger partial charge is 0.148 e. The van der Waals surface area contributed by atoms with Crippen LogP contribution < -0.4 is 16.6 Å². The Morgan fingerprint density at radius 3 is 2.56 bits per heavy atom. The third kappa shape index (κ3) is 2.72. The summed E-state index contributed by atoms with van der Waals surface area (Å²) in [5.74, 6) is 7.16. The Balaban J connectivity index is 2.10. The minimum absolute atomic E-state index is 0.505. The van der Waals surface area contributed by atoms with E-state index in [4.69, 9.17) is 5.84 Å². The molecule has 1 saturated carbocycles. The lowest BCUT2D eigenvalue weighted by Crippen LogP contribution is -2.18. The van der Waals surface area contributed by atoms with Crippen molar-refractivity contribution in [2.24, 2.45) is 11.3 Å². The third-order valence-corrected chi connectivity index (χ3v) is 3.92. The molecule has 5 heteroatoms. The van der Waals surface area contributed by atoms with Crippen molar-refractivity contribution < 1.29 is 0 Å². The molecule has 0 amide bonds. The number of nitrogens with two attached hydrogens (primary N) is 1. The van der Waals surface area contributed by atoms with Gasteiger partial charge in [-0.15, -0.1) is 0 Å². The second-order valence-corrected chi connectivity index (χ2v) is 5.15. The summed E-state index contributed by atoms with van der Waals surface area (Å²) in [4.78, 5) is 8.52. The molecular formula is C13H23N5. The minimum Gasteiger partial charge on any atom is -0.369 e. The Kier molecular flexibility index (Phi) is 4.01. The van der Waals surface area contributed by atoms with Crippen LogP contribution in [0.2, 0.25) is 0 Å². The van der Waals surface area contributed by atoms with Crippen LogP contribution in [0.25, 0.3) is 0 Å². The molecule has 0 aromatic carbocycles. The molecule has 0 radical (unpaired) electrons. The molecule has 1 fully saturated rings. The molecule has 1 aliphatic rings. The molecule has 0 unspecified atom stereocenters. The predicted molar refractivity (Wildman–Crippen MR) is 74.3 cm³/mol. The fourth-order valence-corrected chi connectivity index (χ4v) is 2.28. The number of rotatable bonds is 7. The fourth-order valence-electron chi connectivity index (χ4n) is 2.28. The summed E-state index contributed by atoms with van der Waals surface area (Å²) >= 11 is 0. The summed E-state index contributed by atoms with van der Waals surface area (Å²) in [5.41, 5.74) is 4.25. The van der Waals surface area contributed by atoms with Crippen molar-refractivity contribution in [3.63, 3.8) is 0 Å². The van der Waals surface area contributed by atoms with Gasteiger partial charge in [-0.05, 0) is 31.1 Å². The van der Waals surface area contributed by atoms with Gasteiger partial charge >= 0.3 is 0 Å². The van der Waals surface area contributed by atoms with Gasteiger partial charge in [0.05, 0.1) is 0 Å². The SMILES string of the molecule is CCCc1c(NN)ncnc1NCC1(CC)CC1. The Morgan fingerprint density at radius 2 is 2.00 bits per heavy atom. The van der Waals surface area contributed by atoms with Crippen molar-refractivity contribution in [1.82, 2.24) is 9.97 Å². The van der Waals surface area contributed by atoms with Gasteiger partial charge in [-0.3, -0.25) is 0 Å². The van der Waals surface area contributed by atoms with Gasteiger partial charge in [0.25, 0.3) is 0 Å². The molecule has 0 aliphatic heterocycles. The first-order valence-electron chi connectivity index (χ1n) is 6.79. The van der Waals surface area contributed by atoms with Crippen LogP contribution in [0, 0.1) is 5.41 Å². The molecule has 1 aromatic rings. The number of nitrogens with one attached hydrogen (secondary N) is 2. The lowest BCUT2D eigenvalue weighted by Gasteiger charge is -2.17. The molecule has 0 saturated heterocycles. The van der Waals surface area contributed by atoms with Crippen LogP contribution in [0.15, 0.2) is 6.33 Å². The largest absolute Gasteiger partial charge is 0.369 e. The highest BCUT2D eigenvalue weighted by Crippen LogP contribution is 2.48. The van der Waals surface area contributed by atoms with Crippen molar-refractivity contribution in [3.05, 3.63) is 11.9 Å². The van der Waals surface area contributed by atoms with Crippen LogP contribution in [-0.2, 0) is 6.42 Å². The van der Waals surface area contributed by atoms with Gasteiger partial charge in [0.1, 0.15) is 18.0 Å². The van der Waals surface area contributed by atoms with E-state index >= 15 is 0 Å². The number of anilines is 2. The monoisotopic (exact) mass is 249 g/mol. The van der Waals surface area contributed by atoms with E-state index in [1.165, 1.54) is 19.3 Å². The number of aromatic nitrogens is 2.